The van der Waals surface area contributed by atoms with Crippen LogP contribution in [0, 0.1) is 5.92 Å². The molecule has 12 heteroatoms. The van der Waals surface area contributed by atoms with Gasteiger partial charge in [0.1, 0.15) is 11.2 Å². The number of H-pyrrole nitrogens is 2. The molecule has 0 bridgehead atoms. The first-order valence-electron chi connectivity index (χ1n) is 9.28. The molecular weight excluding hydrogens is 382 g/mol. The molecule has 12 nitrogen and oxygen atoms in total. The van der Waals surface area contributed by atoms with Gasteiger partial charge in [0.2, 0.25) is 5.91 Å². The smallest absolute Gasteiger partial charge is 0.407 e. The van der Waals surface area contributed by atoms with Crippen LogP contribution in [0.1, 0.15) is 27.2 Å². The molecule has 0 unspecified atom stereocenters. The highest BCUT2D eigenvalue weighted by molar-refractivity contribution is 5.79. The van der Waals surface area contributed by atoms with Gasteiger partial charge in [0.15, 0.2) is 5.52 Å². The van der Waals surface area contributed by atoms with Gasteiger partial charge in [-0.15, -0.1) is 0 Å². The number of nitrogens with zero attached hydrogens (tertiary/aromatic N) is 2. The van der Waals surface area contributed by atoms with E-state index >= 15 is 0 Å². The fourth-order valence-corrected chi connectivity index (χ4v) is 3.13. The second kappa shape index (κ2) is 8.07. The number of carbonyl (C=O) groups excluding carboxylic acids is 2. The molecule has 1 saturated heterocycles. The van der Waals surface area contributed by atoms with E-state index in [9.17, 15) is 19.2 Å². The Morgan fingerprint density at radius 2 is 2.03 bits per heavy atom. The molecule has 29 heavy (non-hydrogen) atoms. The summed E-state index contributed by atoms with van der Waals surface area (Å²) in [5.74, 6) is -0.580. The monoisotopic (exact) mass is 407 g/mol. The molecule has 1 aliphatic rings. The third kappa shape index (κ3) is 5.22. The number of alkyl carbamates (subject to hydrolysis) is 1. The number of piperidine rings is 1. The Bertz CT molecular complexity index is 1020. The van der Waals surface area contributed by atoms with E-state index in [0.717, 1.165) is 0 Å². The molecule has 0 aliphatic carbocycles. The van der Waals surface area contributed by atoms with Crippen molar-refractivity contribution in [3.05, 3.63) is 27.2 Å². The van der Waals surface area contributed by atoms with Gasteiger partial charge in [-0.3, -0.25) is 24.1 Å². The predicted molar refractivity (Wildman–Crippen MR) is 103 cm³/mol. The molecule has 2 aromatic rings. The molecule has 0 aromatic carbocycles. The topological polar surface area (TPSA) is 163 Å². The van der Waals surface area contributed by atoms with Crippen LogP contribution >= 0.6 is 0 Å². The average molecular weight is 407 g/mol. The van der Waals surface area contributed by atoms with E-state index in [1.54, 1.807) is 20.8 Å². The molecule has 3 rings (SSSR count). The largest absolute Gasteiger partial charge is 0.444 e. The van der Waals surface area contributed by atoms with Crippen molar-refractivity contribution in [3.63, 3.8) is 0 Å². The maximum absolute atomic E-state index is 12.6. The van der Waals surface area contributed by atoms with E-state index in [2.05, 4.69) is 30.9 Å². The minimum atomic E-state index is -0.650. The Morgan fingerprint density at radius 3 is 2.76 bits per heavy atom. The maximum Gasteiger partial charge on any atom is 0.407 e. The summed E-state index contributed by atoms with van der Waals surface area (Å²) in [6.45, 7) is 6.39. The number of hydrogen-bond acceptors (Lipinski definition) is 7. The van der Waals surface area contributed by atoms with Crippen LogP contribution in [-0.4, -0.2) is 56.3 Å². The van der Waals surface area contributed by atoms with Crippen molar-refractivity contribution >= 4 is 23.2 Å². The molecule has 0 radical (unpaired) electrons. The number of fused-ring (bicyclic) bond motifs is 1. The van der Waals surface area contributed by atoms with Crippen LogP contribution in [0.2, 0.25) is 0 Å². The summed E-state index contributed by atoms with van der Waals surface area (Å²) in [4.78, 5) is 56.2. The van der Waals surface area contributed by atoms with Crippen molar-refractivity contribution in [3.8, 4) is 0 Å². The lowest BCUT2D eigenvalue weighted by atomic mass is 9.95. The van der Waals surface area contributed by atoms with E-state index in [4.69, 9.17) is 4.74 Å². The summed E-state index contributed by atoms with van der Waals surface area (Å²) in [7, 11) is 0. The number of amides is 2. The van der Waals surface area contributed by atoms with E-state index in [-0.39, 0.29) is 35.7 Å². The number of ether oxygens (including phenoxy) is 1. The molecule has 0 saturated carbocycles. The zero-order valence-corrected chi connectivity index (χ0v) is 16.5. The van der Waals surface area contributed by atoms with Crippen LogP contribution in [0.5, 0.6) is 0 Å². The first-order valence-corrected chi connectivity index (χ1v) is 9.28. The number of imidazole rings is 1. The van der Waals surface area contributed by atoms with Gasteiger partial charge >= 0.3 is 11.8 Å². The van der Waals surface area contributed by atoms with Gasteiger partial charge in [-0.05, 0) is 27.2 Å². The number of aromatic amines is 2. The summed E-state index contributed by atoms with van der Waals surface area (Å²) in [6.07, 6.45) is 1.30. The Morgan fingerprint density at radius 1 is 1.28 bits per heavy atom. The highest BCUT2D eigenvalue weighted by Gasteiger charge is 2.29. The van der Waals surface area contributed by atoms with E-state index in [1.165, 1.54) is 10.9 Å². The molecule has 3 heterocycles. The average Bonchev–Trinajstić information content (AvgIpc) is 3.01. The van der Waals surface area contributed by atoms with Crippen molar-refractivity contribution in [2.24, 2.45) is 5.92 Å². The van der Waals surface area contributed by atoms with Gasteiger partial charge in [-0.25, -0.2) is 14.6 Å². The third-order valence-electron chi connectivity index (χ3n) is 4.38. The molecule has 5 N–H and O–H groups in total. The van der Waals surface area contributed by atoms with Crippen molar-refractivity contribution in [2.45, 2.75) is 45.5 Å². The lowest BCUT2D eigenvalue weighted by molar-refractivity contribution is -0.126. The Hall–Kier alpha value is -3.15. The Balaban J connectivity index is 1.58. The zero-order chi connectivity index (χ0) is 21.2. The molecular formula is C17H25N7O5. The highest BCUT2D eigenvalue weighted by Crippen LogP contribution is 2.13. The first-order chi connectivity index (χ1) is 13.6. The zero-order valence-electron chi connectivity index (χ0n) is 16.5. The van der Waals surface area contributed by atoms with E-state index in [0.29, 0.717) is 19.5 Å². The summed E-state index contributed by atoms with van der Waals surface area (Å²) in [5, 5.41) is 8.66. The minimum absolute atomic E-state index is 0.0371. The van der Waals surface area contributed by atoms with Crippen LogP contribution in [-0.2, 0) is 16.2 Å². The fraction of sp³-hybridized carbons (Fsp3) is 0.588. The number of hydrogen-bond donors (Lipinski definition) is 5. The van der Waals surface area contributed by atoms with Crippen LogP contribution in [0.15, 0.2) is 15.9 Å². The van der Waals surface area contributed by atoms with Crippen LogP contribution < -0.4 is 27.2 Å². The van der Waals surface area contributed by atoms with Gasteiger partial charge in [0.05, 0.1) is 18.9 Å². The third-order valence-corrected chi connectivity index (χ3v) is 4.38. The molecule has 2 aromatic heterocycles. The van der Waals surface area contributed by atoms with Crippen molar-refractivity contribution in [2.75, 3.05) is 13.1 Å². The van der Waals surface area contributed by atoms with Crippen LogP contribution in [0.25, 0.3) is 11.2 Å². The number of rotatable bonds is 4. The summed E-state index contributed by atoms with van der Waals surface area (Å²) >= 11 is 0. The van der Waals surface area contributed by atoms with Gasteiger partial charge in [0.25, 0.3) is 5.56 Å². The van der Waals surface area contributed by atoms with Crippen LogP contribution in [0.4, 0.5) is 4.79 Å². The highest BCUT2D eigenvalue weighted by atomic mass is 16.6. The van der Waals surface area contributed by atoms with E-state index < -0.39 is 22.9 Å². The Kier molecular flexibility index (Phi) is 5.73. The quantitative estimate of drug-likeness (QED) is 0.433. The lowest BCUT2D eigenvalue weighted by Crippen LogP contribution is -2.53. The maximum atomic E-state index is 12.6. The van der Waals surface area contributed by atoms with Gasteiger partial charge in [-0.1, -0.05) is 0 Å². The number of nitrogens with one attached hydrogen (secondary N) is 5. The van der Waals surface area contributed by atoms with Crippen molar-refractivity contribution in [1.29, 1.82) is 0 Å². The fourth-order valence-electron chi connectivity index (χ4n) is 3.13. The van der Waals surface area contributed by atoms with Gasteiger partial charge < -0.3 is 20.7 Å². The minimum Gasteiger partial charge on any atom is -0.444 e. The number of aromatic nitrogens is 4. The van der Waals surface area contributed by atoms with Gasteiger partial charge in [-0.2, -0.15) is 0 Å². The molecule has 2 atom stereocenters. The lowest BCUT2D eigenvalue weighted by Gasteiger charge is -2.30. The summed E-state index contributed by atoms with van der Waals surface area (Å²) in [6, 6.07) is -0.238. The number of carbonyl (C=O) groups is 2. The summed E-state index contributed by atoms with van der Waals surface area (Å²) in [5.41, 5.74) is -1.53. The van der Waals surface area contributed by atoms with Crippen molar-refractivity contribution < 1.29 is 14.3 Å². The normalized spacial score (nSPS) is 19.7. The molecule has 2 amide bonds. The second-order valence-electron chi connectivity index (χ2n) is 7.95. The molecule has 1 fully saturated rings. The Labute approximate surface area is 165 Å². The SMILES string of the molecule is CC(C)(C)OC(=O)N[C@H]1CNC[C@@H](C(=O)NCn2cnc3c(=O)[nH]c(=O)[nH]c32)C1. The predicted octanol–water partition coefficient (Wildman–Crippen LogP) is -1.01. The summed E-state index contributed by atoms with van der Waals surface area (Å²) < 4.78 is 6.72. The second-order valence-corrected chi connectivity index (χ2v) is 7.95. The van der Waals surface area contributed by atoms with E-state index in [1.807, 2.05) is 0 Å². The standard InChI is InChI=1S/C17H25N7O5/c1-17(2,3)29-16(28)21-10-4-9(5-18-6-10)13(25)20-8-24-7-19-11-12(24)22-15(27)23-14(11)26/h7,9-10,18H,4-6,8H2,1-3H3,(H,20,25)(H,21,28)(H2,22,23,26,27)/t9-,10+/m0/s1. The van der Waals surface area contributed by atoms with Crippen molar-refractivity contribution in [1.82, 2.24) is 35.5 Å². The first kappa shape index (κ1) is 20.6. The molecule has 1 aliphatic heterocycles. The van der Waals surface area contributed by atoms with Crippen LogP contribution in [0.3, 0.4) is 0 Å². The molecule has 0 spiro atoms. The van der Waals surface area contributed by atoms with Gasteiger partial charge in [0, 0.05) is 19.1 Å². The molecule has 158 valence electrons.